The van der Waals surface area contributed by atoms with Crippen molar-refractivity contribution in [3.63, 3.8) is 0 Å². The largest absolute Gasteiger partial charge is 0.333 e. The number of para-hydroxylation sites is 3. The summed E-state index contributed by atoms with van der Waals surface area (Å²) in [6.07, 6.45) is 17.3. The molecule has 2 aliphatic carbocycles. The quantitative estimate of drug-likeness (QED) is 0.187. The lowest BCUT2D eigenvalue weighted by molar-refractivity contribution is 0.744. The van der Waals surface area contributed by atoms with Crippen molar-refractivity contribution in [3.05, 3.63) is 175 Å². The third-order valence-corrected chi connectivity index (χ3v) is 10.2. The lowest BCUT2D eigenvalue weighted by Gasteiger charge is -2.31. The average Bonchev–Trinajstić information content (AvgIpc) is 3.71. The van der Waals surface area contributed by atoms with Crippen LogP contribution in [0.3, 0.4) is 0 Å². The van der Waals surface area contributed by atoms with E-state index < -0.39 is 0 Å². The number of aromatic nitrogens is 4. The molecule has 10 rings (SSSR count). The molecular formula is C45H33N5. The van der Waals surface area contributed by atoms with Crippen LogP contribution in [0.25, 0.3) is 55.8 Å². The van der Waals surface area contributed by atoms with Crippen molar-refractivity contribution in [1.82, 2.24) is 19.5 Å². The SMILES string of the molecule is C1=CCCC(c2nc(-c3ccccc3)nc(-c3ccc(-n4c5ccccc5c5ccccc54)cc3N3c4ccccc4C4C=CC=CC43)n2)=C1. The second-order valence-electron chi connectivity index (χ2n) is 13.1. The Morgan fingerprint density at radius 3 is 2.08 bits per heavy atom. The van der Waals surface area contributed by atoms with Gasteiger partial charge in [0, 0.05) is 39.2 Å². The summed E-state index contributed by atoms with van der Waals surface area (Å²) in [5, 5.41) is 2.48. The summed E-state index contributed by atoms with van der Waals surface area (Å²) < 4.78 is 2.39. The van der Waals surface area contributed by atoms with E-state index in [-0.39, 0.29) is 12.0 Å². The van der Waals surface area contributed by atoms with Gasteiger partial charge in [-0.05, 0) is 60.4 Å². The molecule has 1 aliphatic heterocycles. The van der Waals surface area contributed by atoms with E-state index >= 15 is 0 Å². The van der Waals surface area contributed by atoms with Gasteiger partial charge >= 0.3 is 0 Å². The van der Waals surface area contributed by atoms with Crippen LogP contribution >= 0.6 is 0 Å². The van der Waals surface area contributed by atoms with Crippen LogP contribution in [0.1, 0.15) is 30.1 Å². The monoisotopic (exact) mass is 643 g/mol. The lowest BCUT2D eigenvalue weighted by Crippen LogP contribution is -2.29. The topological polar surface area (TPSA) is 46.8 Å². The highest BCUT2D eigenvalue weighted by molar-refractivity contribution is 6.09. The van der Waals surface area contributed by atoms with Crippen LogP contribution in [0.15, 0.2) is 164 Å². The Hall–Kier alpha value is -6.33. The number of hydrogen-bond acceptors (Lipinski definition) is 4. The molecule has 0 amide bonds. The molecule has 2 atom stereocenters. The standard InChI is InChI=1S/C45H33N5/c1-3-15-30(16-4-1)43-46-44(31-17-5-2-6-18-31)48-45(47-43)37-28-27-32(49-38-23-11-7-19-33(38)34-20-8-12-24-39(34)49)29-42(37)50-40-25-13-9-21-35(40)36-22-10-14-26-41(36)50/h1-5,7-17,19-29,35,40H,6,18H2. The fourth-order valence-electron chi connectivity index (χ4n) is 7.96. The van der Waals surface area contributed by atoms with Gasteiger partial charge in [-0.2, -0.15) is 0 Å². The number of allylic oxidation sites excluding steroid dienone is 6. The Morgan fingerprint density at radius 2 is 1.28 bits per heavy atom. The molecule has 3 heterocycles. The van der Waals surface area contributed by atoms with Gasteiger partial charge in [-0.15, -0.1) is 0 Å². The zero-order valence-electron chi connectivity index (χ0n) is 27.4. The minimum absolute atomic E-state index is 0.116. The predicted molar refractivity (Wildman–Crippen MR) is 205 cm³/mol. The third kappa shape index (κ3) is 4.58. The van der Waals surface area contributed by atoms with E-state index in [1.54, 1.807) is 0 Å². The van der Waals surface area contributed by atoms with Gasteiger partial charge < -0.3 is 9.47 Å². The van der Waals surface area contributed by atoms with Crippen LogP contribution in [-0.4, -0.2) is 25.6 Å². The molecule has 5 heteroatoms. The van der Waals surface area contributed by atoms with E-state index in [1.807, 2.05) is 18.2 Å². The van der Waals surface area contributed by atoms with E-state index in [9.17, 15) is 0 Å². The van der Waals surface area contributed by atoms with Crippen molar-refractivity contribution in [2.75, 3.05) is 4.90 Å². The van der Waals surface area contributed by atoms with Gasteiger partial charge in [0.1, 0.15) is 0 Å². The molecule has 3 aliphatic rings. The minimum atomic E-state index is 0.116. The second-order valence-corrected chi connectivity index (χ2v) is 13.1. The smallest absolute Gasteiger partial charge is 0.166 e. The Balaban J connectivity index is 1.25. The van der Waals surface area contributed by atoms with E-state index in [2.05, 4.69) is 155 Å². The van der Waals surface area contributed by atoms with Gasteiger partial charge in [-0.1, -0.05) is 127 Å². The molecule has 5 aromatic carbocycles. The molecule has 0 fully saturated rings. The highest BCUT2D eigenvalue weighted by Gasteiger charge is 2.38. The van der Waals surface area contributed by atoms with Crippen LogP contribution < -0.4 is 4.90 Å². The van der Waals surface area contributed by atoms with Gasteiger partial charge in [0.25, 0.3) is 0 Å². The number of fused-ring (bicyclic) bond motifs is 6. The van der Waals surface area contributed by atoms with Crippen molar-refractivity contribution in [2.45, 2.75) is 24.8 Å². The summed E-state index contributed by atoms with van der Waals surface area (Å²) in [5.74, 6) is 2.33. The minimum Gasteiger partial charge on any atom is -0.333 e. The van der Waals surface area contributed by atoms with Crippen LogP contribution in [0, 0.1) is 0 Å². The molecule has 2 aromatic heterocycles. The zero-order chi connectivity index (χ0) is 33.0. The molecule has 50 heavy (non-hydrogen) atoms. The molecule has 238 valence electrons. The van der Waals surface area contributed by atoms with E-state index in [0.717, 1.165) is 46.7 Å². The summed E-state index contributed by atoms with van der Waals surface area (Å²) in [7, 11) is 0. The molecule has 0 bridgehead atoms. The first-order valence-corrected chi connectivity index (χ1v) is 17.4. The number of benzene rings is 5. The number of nitrogens with zero attached hydrogens (tertiary/aromatic N) is 5. The molecule has 2 unspecified atom stereocenters. The number of rotatable bonds is 5. The fourth-order valence-corrected chi connectivity index (χ4v) is 7.96. The lowest BCUT2D eigenvalue weighted by atomic mass is 9.91. The molecule has 0 saturated carbocycles. The van der Waals surface area contributed by atoms with Gasteiger partial charge in [-0.3, -0.25) is 0 Å². The summed E-state index contributed by atoms with van der Waals surface area (Å²) in [4.78, 5) is 18.0. The van der Waals surface area contributed by atoms with Crippen molar-refractivity contribution >= 4 is 38.8 Å². The number of anilines is 2. The molecular weight excluding hydrogens is 611 g/mol. The normalized spacial score (nSPS) is 17.7. The van der Waals surface area contributed by atoms with Crippen LogP contribution in [0.5, 0.6) is 0 Å². The fraction of sp³-hybridized carbons (Fsp3) is 0.0889. The predicted octanol–water partition coefficient (Wildman–Crippen LogP) is 10.8. The van der Waals surface area contributed by atoms with Gasteiger partial charge in [0.15, 0.2) is 17.5 Å². The summed E-state index contributed by atoms with van der Waals surface area (Å²) in [5.41, 5.74) is 10.1. The van der Waals surface area contributed by atoms with Crippen molar-refractivity contribution in [1.29, 1.82) is 0 Å². The maximum atomic E-state index is 5.25. The maximum Gasteiger partial charge on any atom is 0.166 e. The van der Waals surface area contributed by atoms with Crippen LogP contribution in [0.2, 0.25) is 0 Å². The van der Waals surface area contributed by atoms with Gasteiger partial charge in [0.05, 0.1) is 22.8 Å². The maximum absolute atomic E-state index is 5.25. The van der Waals surface area contributed by atoms with Crippen LogP contribution in [-0.2, 0) is 0 Å². The van der Waals surface area contributed by atoms with Crippen molar-refractivity contribution in [2.24, 2.45) is 0 Å². The molecule has 0 N–H and O–H groups in total. The van der Waals surface area contributed by atoms with Crippen molar-refractivity contribution < 1.29 is 0 Å². The second kappa shape index (κ2) is 11.7. The molecule has 0 spiro atoms. The van der Waals surface area contributed by atoms with E-state index in [1.165, 1.54) is 33.1 Å². The van der Waals surface area contributed by atoms with Crippen molar-refractivity contribution in [3.8, 4) is 28.5 Å². The zero-order valence-corrected chi connectivity index (χ0v) is 27.4. The molecule has 7 aromatic rings. The molecule has 0 radical (unpaired) electrons. The Morgan fingerprint density at radius 1 is 0.580 bits per heavy atom. The molecule has 0 saturated heterocycles. The average molecular weight is 644 g/mol. The third-order valence-electron chi connectivity index (χ3n) is 10.2. The van der Waals surface area contributed by atoms with Gasteiger partial charge in [-0.25, -0.2) is 15.0 Å². The summed E-state index contributed by atoms with van der Waals surface area (Å²) in [6, 6.07) is 43.3. The highest BCUT2D eigenvalue weighted by Crippen LogP contribution is 2.50. The Labute approximate surface area is 290 Å². The number of hydrogen-bond donors (Lipinski definition) is 0. The first-order valence-electron chi connectivity index (χ1n) is 17.4. The van der Waals surface area contributed by atoms with Gasteiger partial charge in [0.2, 0.25) is 0 Å². The van der Waals surface area contributed by atoms with Crippen LogP contribution in [0.4, 0.5) is 11.4 Å². The first kappa shape index (κ1) is 28.7. The molecule has 5 nitrogen and oxygen atoms in total. The first-order chi connectivity index (χ1) is 24.8. The Kier molecular flexibility index (Phi) is 6.69. The summed E-state index contributed by atoms with van der Waals surface area (Å²) in [6.45, 7) is 0. The highest BCUT2D eigenvalue weighted by atomic mass is 15.2. The van der Waals surface area contributed by atoms with E-state index in [0.29, 0.717) is 11.6 Å². The Bertz CT molecular complexity index is 2520. The van der Waals surface area contributed by atoms with E-state index in [4.69, 9.17) is 15.0 Å². The summed E-state index contributed by atoms with van der Waals surface area (Å²) >= 11 is 0.